The number of imide groups is 1. The van der Waals surface area contributed by atoms with E-state index < -0.39 is 35.0 Å². The summed E-state index contributed by atoms with van der Waals surface area (Å²) in [6.07, 6.45) is 4.13. The Balaban J connectivity index is 1.37. The molecular formula is C42H35NO6. The van der Waals surface area contributed by atoms with Gasteiger partial charge in [0.1, 0.15) is 12.4 Å². The van der Waals surface area contributed by atoms with E-state index in [1.807, 2.05) is 97.1 Å². The first-order valence-corrected chi connectivity index (χ1v) is 16.8. The zero-order valence-electron chi connectivity index (χ0n) is 26.8. The molecule has 7 heteroatoms. The Morgan fingerprint density at radius 2 is 1.41 bits per heavy atom. The van der Waals surface area contributed by atoms with Gasteiger partial charge < -0.3 is 9.84 Å². The summed E-state index contributed by atoms with van der Waals surface area (Å²) in [5.41, 5.74) is 2.48. The third-order valence-corrected chi connectivity index (χ3v) is 11.0. The lowest BCUT2D eigenvalue weighted by Gasteiger charge is -2.55. The summed E-state index contributed by atoms with van der Waals surface area (Å²) in [5.74, 6) is -3.64. The van der Waals surface area contributed by atoms with Crippen LogP contribution >= 0.6 is 0 Å². The Morgan fingerprint density at radius 1 is 0.755 bits per heavy atom. The molecule has 0 bridgehead atoms. The van der Waals surface area contributed by atoms with Gasteiger partial charge in [-0.25, -0.2) is 0 Å². The van der Waals surface area contributed by atoms with Gasteiger partial charge in [-0.2, -0.15) is 0 Å². The second kappa shape index (κ2) is 12.2. The van der Waals surface area contributed by atoms with Crippen LogP contribution in [0, 0.1) is 23.7 Å². The summed E-state index contributed by atoms with van der Waals surface area (Å²) < 4.78 is 6.11. The Labute approximate surface area is 284 Å². The molecule has 6 unspecified atom stereocenters. The fourth-order valence-corrected chi connectivity index (χ4v) is 9.06. The number of anilines is 1. The number of hydrogen-bond acceptors (Lipinski definition) is 6. The highest BCUT2D eigenvalue weighted by atomic mass is 16.5. The van der Waals surface area contributed by atoms with Crippen LogP contribution in [0.15, 0.2) is 133 Å². The molecule has 7 nitrogen and oxygen atoms in total. The third kappa shape index (κ3) is 4.67. The number of nitrogens with zero attached hydrogens (tertiary/aromatic N) is 1. The van der Waals surface area contributed by atoms with Crippen molar-refractivity contribution in [1.82, 2.24) is 0 Å². The van der Waals surface area contributed by atoms with Gasteiger partial charge >= 0.3 is 0 Å². The van der Waals surface area contributed by atoms with Gasteiger partial charge in [0.2, 0.25) is 11.8 Å². The highest BCUT2D eigenvalue weighted by Crippen LogP contribution is 2.64. The molecule has 0 radical (unpaired) electrons. The van der Waals surface area contributed by atoms with Crippen molar-refractivity contribution in [3.05, 3.63) is 150 Å². The summed E-state index contributed by atoms with van der Waals surface area (Å²) in [5, 5.41) is 9.71. The molecule has 8 rings (SSSR count). The van der Waals surface area contributed by atoms with Gasteiger partial charge in [0.15, 0.2) is 11.6 Å². The van der Waals surface area contributed by atoms with E-state index >= 15 is 9.59 Å². The number of carbonyl (C=O) groups is 4. The number of para-hydroxylation sites is 2. The fourth-order valence-electron chi connectivity index (χ4n) is 9.06. The first-order chi connectivity index (χ1) is 24.0. The predicted molar refractivity (Wildman–Crippen MR) is 185 cm³/mol. The van der Waals surface area contributed by atoms with E-state index in [0.717, 1.165) is 5.57 Å². The maximum absolute atomic E-state index is 15.2. The highest BCUT2D eigenvalue weighted by Gasteiger charge is 2.66. The Hall–Kier alpha value is -5.40. The van der Waals surface area contributed by atoms with Gasteiger partial charge in [0.25, 0.3) is 0 Å². The number of aliphatic hydroxyl groups excluding tert-OH is 1. The van der Waals surface area contributed by atoms with Gasteiger partial charge in [-0.3, -0.25) is 24.1 Å². The van der Waals surface area contributed by atoms with Crippen molar-refractivity contribution in [2.75, 3.05) is 18.1 Å². The number of hydrogen-bond donors (Lipinski definition) is 1. The first-order valence-electron chi connectivity index (χ1n) is 16.8. The Morgan fingerprint density at radius 3 is 2.12 bits per heavy atom. The Bertz CT molecular complexity index is 2020. The van der Waals surface area contributed by atoms with Crippen LogP contribution in [0.5, 0.6) is 5.75 Å². The molecule has 4 aromatic carbocycles. The average Bonchev–Trinajstić information content (AvgIpc) is 3.41. The fraction of sp³-hybridized carbons (Fsp3) is 0.238. The first kappa shape index (κ1) is 30.9. The topological polar surface area (TPSA) is 101 Å². The maximum atomic E-state index is 15.2. The van der Waals surface area contributed by atoms with Crippen molar-refractivity contribution in [3.8, 4) is 5.75 Å². The molecule has 244 valence electrons. The molecule has 3 aliphatic carbocycles. The molecule has 1 aliphatic heterocycles. The number of amides is 2. The van der Waals surface area contributed by atoms with E-state index in [0.29, 0.717) is 40.1 Å². The van der Waals surface area contributed by atoms with Crippen LogP contribution in [0.4, 0.5) is 5.69 Å². The van der Waals surface area contributed by atoms with Crippen molar-refractivity contribution in [2.24, 2.45) is 23.7 Å². The van der Waals surface area contributed by atoms with Crippen LogP contribution in [-0.2, 0) is 24.6 Å². The van der Waals surface area contributed by atoms with E-state index in [-0.39, 0.29) is 43.0 Å². The summed E-state index contributed by atoms with van der Waals surface area (Å²) >= 11 is 0. The van der Waals surface area contributed by atoms with E-state index in [9.17, 15) is 14.7 Å². The largest absolute Gasteiger partial charge is 0.491 e. The molecule has 1 saturated carbocycles. The lowest BCUT2D eigenvalue weighted by atomic mass is 9.44. The second-order valence-corrected chi connectivity index (χ2v) is 13.2. The third-order valence-electron chi connectivity index (χ3n) is 11.0. The predicted octanol–water partition coefficient (Wildman–Crippen LogP) is 6.09. The molecule has 4 aliphatic rings. The molecule has 0 spiro atoms. The number of Topliss-reactive ketones (excluding diaryl/α,β-unsaturated/α-hetero) is 1. The standard InChI is InChI=1S/C42H35NO6/c44-22-23-49-35-19-11-10-18-30(35)38-29-20-21-31-37(41(48)43(40(31)47)28-16-8-3-9-17-28)33(29)24-34-39(46)32(26-12-4-1-5-13-26)25-36(45)42(34,38)27-14-6-2-7-15-27/h1-20,25,31,33-34,37-38,44H,21-24H2. The molecule has 1 N–H and O–H groups in total. The van der Waals surface area contributed by atoms with Crippen molar-refractivity contribution in [1.29, 1.82) is 0 Å². The quantitative estimate of drug-likeness (QED) is 0.192. The zero-order chi connectivity index (χ0) is 33.7. The van der Waals surface area contributed by atoms with Crippen LogP contribution in [0.2, 0.25) is 0 Å². The summed E-state index contributed by atoms with van der Waals surface area (Å²) in [6, 6.07) is 35.2. The molecular weight excluding hydrogens is 614 g/mol. The lowest BCUT2D eigenvalue weighted by molar-refractivity contribution is -0.135. The van der Waals surface area contributed by atoms with Gasteiger partial charge in [0, 0.05) is 23.0 Å². The number of ketones is 2. The molecule has 1 saturated heterocycles. The van der Waals surface area contributed by atoms with Crippen molar-refractivity contribution in [2.45, 2.75) is 24.2 Å². The summed E-state index contributed by atoms with van der Waals surface area (Å²) in [4.78, 5) is 60.0. The minimum Gasteiger partial charge on any atom is -0.491 e. The average molecular weight is 650 g/mol. The van der Waals surface area contributed by atoms with E-state index in [4.69, 9.17) is 4.74 Å². The monoisotopic (exact) mass is 649 g/mol. The van der Waals surface area contributed by atoms with E-state index in [1.54, 1.807) is 24.3 Å². The van der Waals surface area contributed by atoms with Gasteiger partial charge in [-0.15, -0.1) is 0 Å². The minimum absolute atomic E-state index is 0.0443. The molecule has 1 heterocycles. The molecule has 6 atom stereocenters. The Kier molecular flexibility index (Phi) is 7.72. The van der Waals surface area contributed by atoms with Crippen LogP contribution in [0.25, 0.3) is 5.57 Å². The number of ether oxygens (including phenoxy) is 1. The molecule has 0 aromatic heterocycles. The number of rotatable bonds is 7. The molecule has 2 fully saturated rings. The molecule has 49 heavy (non-hydrogen) atoms. The highest BCUT2D eigenvalue weighted by molar-refractivity contribution is 6.32. The van der Waals surface area contributed by atoms with Crippen LogP contribution in [-0.4, -0.2) is 41.7 Å². The van der Waals surface area contributed by atoms with Gasteiger partial charge in [-0.1, -0.05) is 109 Å². The van der Waals surface area contributed by atoms with Gasteiger partial charge in [-0.05, 0) is 54.2 Å². The van der Waals surface area contributed by atoms with E-state index in [2.05, 4.69) is 0 Å². The normalized spacial score (nSPS) is 27.5. The number of carbonyl (C=O) groups excluding carboxylic acids is 4. The number of fused-ring (bicyclic) bond motifs is 4. The van der Waals surface area contributed by atoms with Crippen LogP contribution < -0.4 is 9.64 Å². The SMILES string of the molecule is O=C1C(c2ccccc2)=CC(=O)C2(c3ccccc3)C1CC1C(=CCC3C(=O)N(c4ccccc4)C(=O)C31)C2c1ccccc1OCCO. The zero-order valence-corrected chi connectivity index (χ0v) is 26.8. The summed E-state index contributed by atoms with van der Waals surface area (Å²) in [6.45, 7) is -0.157. The number of aliphatic hydroxyl groups is 1. The van der Waals surface area contributed by atoms with E-state index in [1.165, 1.54) is 11.0 Å². The van der Waals surface area contributed by atoms with Crippen molar-refractivity contribution >= 4 is 34.6 Å². The second-order valence-electron chi connectivity index (χ2n) is 13.2. The molecule has 4 aromatic rings. The number of benzene rings is 4. The van der Waals surface area contributed by atoms with Crippen LogP contribution in [0.3, 0.4) is 0 Å². The smallest absolute Gasteiger partial charge is 0.238 e. The maximum Gasteiger partial charge on any atom is 0.238 e. The lowest BCUT2D eigenvalue weighted by Crippen LogP contribution is -2.58. The van der Waals surface area contributed by atoms with Crippen LogP contribution in [0.1, 0.15) is 35.4 Å². The molecule has 2 amide bonds. The number of allylic oxidation sites excluding steroid dienone is 4. The van der Waals surface area contributed by atoms with Gasteiger partial charge in [0.05, 0.1) is 29.5 Å². The minimum atomic E-state index is -1.35. The van der Waals surface area contributed by atoms with Crippen molar-refractivity contribution < 1.29 is 29.0 Å². The summed E-state index contributed by atoms with van der Waals surface area (Å²) in [7, 11) is 0. The van der Waals surface area contributed by atoms with Crippen molar-refractivity contribution in [3.63, 3.8) is 0 Å².